The first-order chi connectivity index (χ1) is 9.41. The van der Waals surface area contributed by atoms with E-state index in [1.54, 1.807) is 18.2 Å². The van der Waals surface area contributed by atoms with E-state index in [0.717, 1.165) is 11.5 Å². The molecule has 106 valence electrons. The molecule has 0 N–H and O–H groups in total. The number of hydrogen-bond acceptors (Lipinski definition) is 6. The van der Waals surface area contributed by atoms with E-state index in [0.29, 0.717) is 11.3 Å². The molecule has 0 aromatic carbocycles. The van der Waals surface area contributed by atoms with Gasteiger partial charge in [0.25, 0.3) is 0 Å². The Labute approximate surface area is 121 Å². The summed E-state index contributed by atoms with van der Waals surface area (Å²) in [7, 11) is 1.35. The zero-order chi connectivity index (χ0) is 14.8. The largest absolute Gasteiger partial charge is 0.465 e. The summed E-state index contributed by atoms with van der Waals surface area (Å²) in [6, 6.07) is 1.73. The van der Waals surface area contributed by atoms with Crippen LogP contribution in [-0.2, 0) is 10.2 Å². The second kappa shape index (κ2) is 5.58. The predicted octanol–water partition coefficient (Wildman–Crippen LogP) is 3.39. The van der Waals surface area contributed by atoms with Gasteiger partial charge in [0.15, 0.2) is 0 Å². The van der Waals surface area contributed by atoms with Gasteiger partial charge in [0, 0.05) is 10.8 Å². The molecule has 0 unspecified atom stereocenters. The minimum atomic E-state index is -0.416. The third kappa shape index (κ3) is 3.14. The van der Waals surface area contributed by atoms with Crippen LogP contribution in [0.25, 0.3) is 12.2 Å². The van der Waals surface area contributed by atoms with Crippen molar-refractivity contribution in [3.05, 3.63) is 34.2 Å². The smallest absolute Gasteiger partial charge is 0.341 e. The average Bonchev–Trinajstić information content (AvgIpc) is 3.03. The summed E-state index contributed by atoms with van der Waals surface area (Å²) in [4.78, 5) is 11.8. The Hall–Kier alpha value is -1.95. The molecule has 0 aliphatic carbocycles. The van der Waals surface area contributed by atoms with Crippen molar-refractivity contribution in [2.24, 2.45) is 0 Å². The Morgan fingerprint density at radius 3 is 2.70 bits per heavy atom. The minimum absolute atomic E-state index is 0.183. The first-order valence-corrected chi connectivity index (χ1v) is 6.93. The van der Waals surface area contributed by atoms with Crippen LogP contribution < -0.4 is 0 Å². The van der Waals surface area contributed by atoms with Crippen molar-refractivity contribution in [1.82, 2.24) is 9.59 Å². The molecule has 6 heteroatoms. The quantitative estimate of drug-likeness (QED) is 0.811. The van der Waals surface area contributed by atoms with E-state index < -0.39 is 5.97 Å². The highest BCUT2D eigenvalue weighted by atomic mass is 32.1. The molecule has 0 spiro atoms. The second-order valence-corrected chi connectivity index (χ2v) is 5.90. The molecular weight excluding hydrogens is 276 g/mol. The van der Waals surface area contributed by atoms with Crippen LogP contribution in [0.4, 0.5) is 0 Å². The summed E-state index contributed by atoms with van der Waals surface area (Å²) >= 11 is 1.26. The van der Waals surface area contributed by atoms with Crippen molar-refractivity contribution in [1.29, 1.82) is 0 Å². The molecule has 2 aromatic heterocycles. The number of ether oxygens (including phenoxy) is 1. The average molecular weight is 292 g/mol. The van der Waals surface area contributed by atoms with Crippen LogP contribution in [0.3, 0.4) is 0 Å². The van der Waals surface area contributed by atoms with Gasteiger partial charge in [-0.2, -0.15) is 0 Å². The Bertz CT molecular complexity index is 621. The number of esters is 1. The molecule has 0 aliphatic rings. The van der Waals surface area contributed by atoms with E-state index >= 15 is 0 Å². The van der Waals surface area contributed by atoms with Crippen molar-refractivity contribution in [3.63, 3.8) is 0 Å². The molecule has 2 aromatic rings. The molecular formula is C14H16N2O3S. The van der Waals surface area contributed by atoms with E-state index in [1.165, 1.54) is 18.6 Å². The van der Waals surface area contributed by atoms with Gasteiger partial charge >= 0.3 is 5.97 Å². The third-order valence-electron chi connectivity index (χ3n) is 2.69. The number of hydrogen-bond donors (Lipinski definition) is 0. The van der Waals surface area contributed by atoms with Crippen LogP contribution in [0.5, 0.6) is 0 Å². The van der Waals surface area contributed by atoms with Crippen molar-refractivity contribution < 1.29 is 13.9 Å². The van der Waals surface area contributed by atoms with Gasteiger partial charge in [0.1, 0.15) is 17.1 Å². The molecule has 0 atom stereocenters. The maximum Gasteiger partial charge on any atom is 0.341 e. The number of carbonyl (C=O) groups is 1. The fourth-order valence-corrected chi connectivity index (χ4v) is 2.00. The van der Waals surface area contributed by atoms with Crippen molar-refractivity contribution >= 4 is 29.7 Å². The van der Waals surface area contributed by atoms with Gasteiger partial charge in [-0.3, -0.25) is 0 Å². The highest BCUT2D eigenvalue weighted by Gasteiger charge is 2.24. The Morgan fingerprint density at radius 2 is 2.15 bits per heavy atom. The molecule has 0 amide bonds. The number of carbonyl (C=O) groups excluding carboxylic acids is 1. The maximum absolute atomic E-state index is 11.8. The number of aromatic nitrogens is 2. The standard InChI is InChI=1S/C14H16N2O3S/c1-14(2,3)12-7-10(13(17)18-4)11(19-12)6-5-9-8-20-16-15-9/h5-8H,1-4H3/b6-5+. The normalized spacial score (nSPS) is 12.0. The van der Waals surface area contributed by atoms with E-state index in [2.05, 4.69) is 9.59 Å². The van der Waals surface area contributed by atoms with Gasteiger partial charge in [0.05, 0.1) is 12.8 Å². The summed E-state index contributed by atoms with van der Waals surface area (Å²) in [5, 5.41) is 5.71. The SMILES string of the molecule is COC(=O)c1cc(C(C)(C)C)oc1/C=C/c1csnn1. The van der Waals surface area contributed by atoms with Gasteiger partial charge in [-0.25, -0.2) is 4.79 Å². The van der Waals surface area contributed by atoms with Crippen LogP contribution in [0, 0.1) is 0 Å². The molecule has 2 heterocycles. The summed E-state index contributed by atoms with van der Waals surface area (Å²) < 4.78 is 14.3. The zero-order valence-corrected chi connectivity index (χ0v) is 12.7. The number of methoxy groups -OCH3 is 1. The minimum Gasteiger partial charge on any atom is -0.465 e. The molecule has 5 nitrogen and oxygen atoms in total. The van der Waals surface area contributed by atoms with Gasteiger partial charge in [-0.15, -0.1) is 5.10 Å². The maximum atomic E-state index is 11.8. The summed E-state index contributed by atoms with van der Waals surface area (Å²) in [6.45, 7) is 6.06. The van der Waals surface area contributed by atoms with E-state index in [4.69, 9.17) is 9.15 Å². The number of rotatable bonds is 3. The molecule has 0 radical (unpaired) electrons. The van der Waals surface area contributed by atoms with E-state index in [1.807, 2.05) is 26.2 Å². The summed E-state index contributed by atoms with van der Waals surface area (Å²) in [6.07, 6.45) is 3.46. The monoisotopic (exact) mass is 292 g/mol. The van der Waals surface area contributed by atoms with Crippen LogP contribution in [-0.4, -0.2) is 22.7 Å². The van der Waals surface area contributed by atoms with E-state index in [9.17, 15) is 4.79 Å². The van der Waals surface area contributed by atoms with Crippen molar-refractivity contribution in [2.75, 3.05) is 7.11 Å². The molecule has 0 aliphatic heterocycles. The molecule has 20 heavy (non-hydrogen) atoms. The van der Waals surface area contributed by atoms with Crippen molar-refractivity contribution in [2.45, 2.75) is 26.2 Å². The van der Waals surface area contributed by atoms with E-state index in [-0.39, 0.29) is 5.41 Å². The number of nitrogens with zero attached hydrogens (tertiary/aromatic N) is 2. The Morgan fingerprint density at radius 1 is 1.40 bits per heavy atom. The first-order valence-electron chi connectivity index (χ1n) is 6.09. The van der Waals surface area contributed by atoms with Crippen LogP contribution in [0.2, 0.25) is 0 Å². The van der Waals surface area contributed by atoms with Crippen LogP contribution in [0.15, 0.2) is 15.9 Å². The topological polar surface area (TPSA) is 65.2 Å². The molecule has 0 saturated heterocycles. The highest BCUT2D eigenvalue weighted by molar-refractivity contribution is 7.03. The Kier molecular flexibility index (Phi) is 4.04. The van der Waals surface area contributed by atoms with Crippen LogP contribution >= 0.6 is 11.5 Å². The molecule has 0 saturated carbocycles. The zero-order valence-electron chi connectivity index (χ0n) is 11.8. The highest BCUT2D eigenvalue weighted by Crippen LogP contribution is 2.28. The van der Waals surface area contributed by atoms with Gasteiger partial charge in [0.2, 0.25) is 0 Å². The fourth-order valence-electron chi connectivity index (χ4n) is 1.57. The lowest BCUT2D eigenvalue weighted by Crippen LogP contribution is -2.09. The van der Waals surface area contributed by atoms with Crippen molar-refractivity contribution in [3.8, 4) is 0 Å². The van der Waals surface area contributed by atoms with Gasteiger partial charge in [-0.05, 0) is 29.8 Å². The lowest BCUT2D eigenvalue weighted by Gasteiger charge is -2.13. The lowest BCUT2D eigenvalue weighted by atomic mass is 9.93. The van der Waals surface area contributed by atoms with Gasteiger partial charge < -0.3 is 9.15 Å². The second-order valence-electron chi connectivity index (χ2n) is 5.29. The predicted molar refractivity (Wildman–Crippen MR) is 77.6 cm³/mol. The fraction of sp³-hybridized carbons (Fsp3) is 0.357. The lowest BCUT2D eigenvalue weighted by molar-refractivity contribution is 0.0599. The molecule has 2 rings (SSSR count). The van der Waals surface area contributed by atoms with Crippen LogP contribution in [0.1, 0.15) is 48.3 Å². The first kappa shape index (κ1) is 14.5. The third-order valence-corrected chi connectivity index (χ3v) is 3.21. The Balaban J connectivity index is 2.39. The molecule has 0 fully saturated rings. The number of furan rings is 1. The summed E-state index contributed by atoms with van der Waals surface area (Å²) in [5.41, 5.74) is 0.952. The summed E-state index contributed by atoms with van der Waals surface area (Å²) in [5.74, 6) is 0.782. The van der Waals surface area contributed by atoms with Gasteiger partial charge in [-0.1, -0.05) is 25.3 Å². The molecule has 0 bridgehead atoms.